The SMILES string of the molecule is C=CC(=C\C=C/C)/C(C)=N\C(C)=C(/C)C(=C)N=O. The Morgan fingerprint density at radius 2 is 1.83 bits per heavy atom. The number of hydrogen-bond acceptors (Lipinski definition) is 3. The maximum Gasteiger partial charge on any atom is 0.105 e. The van der Waals surface area contributed by atoms with Gasteiger partial charge in [0.05, 0.1) is 0 Å². The van der Waals surface area contributed by atoms with Gasteiger partial charge >= 0.3 is 0 Å². The molecule has 0 spiro atoms. The number of aliphatic imine (C=N–C) groups is 1. The van der Waals surface area contributed by atoms with Gasteiger partial charge in [-0.15, -0.1) is 4.91 Å². The lowest BCUT2D eigenvalue weighted by atomic mass is 10.1. The van der Waals surface area contributed by atoms with E-state index in [2.05, 4.69) is 23.3 Å². The maximum atomic E-state index is 10.4. The molecule has 0 N–H and O–H groups in total. The van der Waals surface area contributed by atoms with Gasteiger partial charge in [0.1, 0.15) is 5.70 Å². The molecule has 3 heteroatoms. The van der Waals surface area contributed by atoms with Gasteiger partial charge in [0, 0.05) is 11.4 Å². The molecule has 0 fully saturated rings. The fourth-order valence-corrected chi connectivity index (χ4v) is 1.21. The van der Waals surface area contributed by atoms with E-state index in [1.165, 1.54) is 0 Å². The first-order valence-electron chi connectivity index (χ1n) is 5.69. The van der Waals surface area contributed by atoms with Crippen molar-refractivity contribution in [2.75, 3.05) is 0 Å². The summed E-state index contributed by atoms with van der Waals surface area (Å²) in [5.41, 5.74) is 3.40. The van der Waals surface area contributed by atoms with Crippen molar-refractivity contribution in [2.24, 2.45) is 10.2 Å². The molecule has 0 rings (SSSR count). The van der Waals surface area contributed by atoms with E-state index in [9.17, 15) is 4.91 Å². The molecule has 0 aromatic heterocycles. The van der Waals surface area contributed by atoms with Crippen LogP contribution >= 0.6 is 0 Å². The Labute approximate surface area is 109 Å². The van der Waals surface area contributed by atoms with Gasteiger partial charge in [-0.3, -0.25) is 4.99 Å². The number of rotatable bonds is 6. The Balaban J connectivity index is 5.37. The molecule has 0 atom stereocenters. The van der Waals surface area contributed by atoms with Crippen molar-refractivity contribution in [1.29, 1.82) is 0 Å². The fraction of sp³-hybridized carbons (Fsp3) is 0.267. The van der Waals surface area contributed by atoms with Crippen molar-refractivity contribution < 1.29 is 0 Å². The van der Waals surface area contributed by atoms with Crippen molar-refractivity contribution in [3.63, 3.8) is 0 Å². The molecular formula is C15H20N2O. The first-order valence-corrected chi connectivity index (χ1v) is 5.69. The second-order valence-corrected chi connectivity index (χ2v) is 3.80. The first-order chi connectivity index (χ1) is 8.47. The standard InChI is InChI=1S/C15H20N2O/c1-7-9-10-15(8-2)14(6)16-12(4)11(3)13(5)17-18/h7-10H,2,5H2,1,3-4,6H3/b9-7-,12-11+,15-10+,16-14-. The van der Waals surface area contributed by atoms with Crippen LogP contribution in [0.2, 0.25) is 0 Å². The van der Waals surface area contributed by atoms with Crippen molar-refractivity contribution in [3.05, 3.63) is 64.9 Å². The average molecular weight is 244 g/mol. The van der Waals surface area contributed by atoms with Gasteiger partial charge in [0.25, 0.3) is 0 Å². The minimum atomic E-state index is 0.210. The van der Waals surface area contributed by atoms with Crippen LogP contribution in [-0.2, 0) is 0 Å². The Kier molecular flexibility index (Phi) is 7.20. The molecule has 0 radical (unpaired) electrons. The predicted octanol–water partition coefficient (Wildman–Crippen LogP) is 4.71. The van der Waals surface area contributed by atoms with Gasteiger partial charge in [0.2, 0.25) is 0 Å². The highest BCUT2D eigenvalue weighted by Gasteiger charge is 2.02. The molecule has 0 saturated carbocycles. The van der Waals surface area contributed by atoms with Crippen LogP contribution in [0.4, 0.5) is 0 Å². The van der Waals surface area contributed by atoms with Crippen molar-refractivity contribution in [2.45, 2.75) is 27.7 Å². The molecule has 0 aliphatic carbocycles. The number of nitrogens with zero attached hydrogens (tertiary/aromatic N) is 2. The first kappa shape index (κ1) is 16.0. The van der Waals surface area contributed by atoms with E-state index in [-0.39, 0.29) is 5.70 Å². The summed E-state index contributed by atoms with van der Waals surface area (Å²) in [6, 6.07) is 0. The van der Waals surface area contributed by atoms with E-state index in [1.807, 2.05) is 39.0 Å². The van der Waals surface area contributed by atoms with E-state index in [1.54, 1.807) is 13.0 Å². The predicted molar refractivity (Wildman–Crippen MR) is 79.5 cm³/mol. The quantitative estimate of drug-likeness (QED) is 0.379. The third-order valence-electron chi connectivity index (χ3n) is 2.53. The summed E-state index contributed by atoms with van der Waals surface area (Å²) in [6.45, 7) is 14.8. The molecule has 0 aliphatic heterocycles. The summed E-state index contributed by atoms with van der Waals surface area (Å²) in [7, 11) is 0. The monoisotopic (exact) mass is 244 g/mol. The second kappa shape index (κ2) is 8.12. The van der Waals surface area contributed by atoms with E-state index < -0.39 is 0 Å². The van der Waals surface area contributed by atoms with E-state index >= 15 is 0 Å². The number of allylic oxidation sites excluding steroid dienone is 7. The van der Waals surface area contributed by atoms with Crippen LogP contribution in [0.1, 0.15) is 27.7 Å². The molecular weight excluding hydrogens is 224 g/mol. The van der Waals surface area contributed by atoms with Gasteiger partial charge in [0.15, 0.2) is 0 Å². The van der Waals surface area contributed by atoms with Crippen LogP contribution in [0.3, 0.4) is 0 Å². The molecule has 0 amide bonds. The Morgan fingerprint density at radius 1 is 1.22 bits per heavy atom. The van der Waals surface area contributed by atoms with Crippen LogP contribution in [0.15, 0.2) is 70.2 Å². The fourth-order valence-electron chi connectivity index (χ4n) is 1.21. The molecule has 3 nitrogen and oxygen atoms in total. The second-order valence-electron chi connectivity index (χ2n) is 3.80. The van der Waals surface area contributed by atoms with Crippen LogP contribution in [0.25, 0.3) is 0 Å². The minimum absolute atomic E-state index is 0.210. The molecule has 0 aromatic rings. The van der Waals surface area contributed by atoms with E-state index in [0.717, 1.165) is 17.0 Å². The summed E-state index contributed by atoms with van der Waals surface area (Å²) in [5, 5.41) is 2.81. The maximum absolute atomic E-state index is 10.4. The van der Waals surface area contributed by atoms with Gasteiger partial charge in [-0.2, -0.15) is 0 Å². The van der Waals surface area contributed by atoms with Crippen molar-refractivity contribution in [1.82, 2.24) is 0 Å². The number of nitroso groups, excluding NO2 is 1. The molecule has 96 valence electrons. The molecule has 0 heterocycles. The summed E-state index contributed by atoms with van der Waals surface area (Å²) in [6.07, 6.45) is 7.53. The van der Waals surface area contributed by atoms with Crippen molar-refractivity contribution in [3.8, 4) is 0 Å². The van der Waals surface area contributed by atoms with Crippen LogP contribution < -0.4 is 0 Å². The normalized spacial score (nSPS) is 14.4. The molecule has 0 aliphatic rings. The lowest BCUT2D eigenvalue weighted by molar-refractivity contribution is 1.16. The summed E-state index contributed by atoms with van der Waals surface area (Å²) in [5.74, 6) is 0. The van der Waals surface area contributed by atoms with Gasteiger partial charge in [-0.1, -0.05) is 37.5 Å². The lowest BCUT2D eigenvalue weighted by Gasteiger charge is -2.04. The van der Waals surface area contributed by atoms with Gasteiger partial charge in [-0.05, 0) is 44.0 Å². The zero-order valence-electron chi connectivity index (χ0n) is 11.5. The van der Waals surface area contributed by atoms with Crippen molar-refractivity contribution >= 4 is 5.71 Å². The van der Waals surface area contributed by atoms with Crippen LogP contribution in [0.5, 0.6) is 0 Å². The van der Waals surface area contributed by atoms with E-state index in [0.29, 0.717) is 5.57 Å². The van der Waals surface area contributed by atoms with Gasteiger partial charge in [-0.25, -0.2) is 0 Å². The number of hydrogen-bond donors (Lipinski definition) is 0. The molecule has 0 bridgehead atoms. The summed E-state index contributed by atoms with van der Waals surface area (Å²) < 4.78 is 0. The zero-order chi connectivity index (χ0) is 14.1. The third-order valence-corrected chi connectivity index (χ3v) is 2.53. The average Bonchev–Trinajstić information content (AvgIpc) is 2.37. The molecule has 0 saturated heterocycles. The zero-order valence-corrected chi connectivity index (χ0v) is 11.5. The molecule has 0 aromatic carbocycles. The lowest BCUT2D eigenvalue weighted by Crippen LogP contribution is -1.96. The Morgan fingerprint density at radius 3 is 2.28 bits per heavy atom. The summed E-state index contributed by atoms with van der Waals surface area (Å²) >= 11 is 0. The van der Waals surface area contributed by atoms with Gasteiger partial charge < -0.3 is 0 Å². The van der Waals surface area contributed by atoms with Crippen LogP contribution in [0, 0.1) is 4.91 Å². The van der Waals surface area contributed by atoms with Crippen LogP contribution in [-0.4, -0.2) is 5.71 Å². The highest BCUT2D eigenvalue weighted by Crippen LogP contribution is 2.15. The highest BCUT2D eigenvalue weighted by molar-refractivity contribution is 6.01. The Hall–Kier alpha value is -2.03. The Bertz CT molecular complexity index is 463. The highest BCUT2D eigenvalue weighted by atomic mass is 16.3. The largest absolute Gasteiger partial charge is 0.258 e. The smallest absolute Gasteiger partial charge is 0.105 e. The topological polar surface area (TPSA) is 41.8 Å². The minimum Gasteiger partial charge on any atom is -0.258 e. The third kappa shape index (κ3) is 4.87. The summed E-state index contributed by atoms with van der Waals surface area (Å²) in [4.78, 5) is 14.8. The van der Waals surface area contributed by atoms with E-state index in [4.69, 9.17) is 0 Å². The molecule has 18 heavy (non-hydrogen) atoms. The molecule has 0 unspecified atom stereocenters.